The molecule has 92 valence electrons. The van der Waals surface area contributed by atoms with Crippen molar-refractivity contribution in [3.8, 4) is 0 Å². The third-order valence-electron chi connectivity index (χ3n) is 2.65. The van der Waals surface area contributed by atoms with E-state index in [1.54, 1.807) is 11.3 Å². The van der Waals surface area contributed by atoms with E-state index in [4.69, 9.17) is 4.42 Å². The minimum Gasteiger partial charge on any atom is -0.444 e. The van der Waals surface area contributed by atoms with Crippen molar-refractivity contribution in [2.75, 3.05) is 0 Å². The Hall–Kier alpha value is -0.650. The number of hydrogen-bond donors (Lipinski definition) is 1. The molecular formula is C12H15BrN2OS. The summed E-state index contributed by atoms with van der Waals surface area (Å²) >= 11 is 5.21. The zero-order chi connectivity index (χ0) is 12.4. The highest BCUT2D eigenvalue weighted by Crippen LogP contribution is 2.27. The van der Waals surface area contributed by atoms with Crippen LogP contribution in [0.2, 0.25) is 0 Å². The zero-order valence-corrected chi connectivity index (χ0v) is 12.5. The molecule has 0 radical (unpaired) electrons. The number of aryl methyl sites for hydroxylation is 2. The zero-order valence-electron chi connectivity index (χ0n) is 10.1. The van der Waals surface area contributed by atoms with Crippen LogP contribution in [0.3, 0.4) is 0 Å². The minimum atomic E-state index is 0.304. The van der Waals surface area contributed by atoms with E-state index < -0.39 is 0 Å². The number of rotatable bonds is 4. The average molecular weight is 315 g/mol. The van der Waals surface area contributed by atoms with E-state index in [2.05, 4.69) is 45.3 Å². The number of oxazole rings is 1. The van der Waals surface area contributed by atoms with Crippen LogP contribution >= 0.6 is 27.3 Å². The van der Waals surface area contributed by atoms with Gasteiger partial charge in [-0.25, -0.2) is 4.98 Å². The summed E-state index contributed by atoms with van der Waals surface area (Å²) in [5.74, 6) is 1.65. The van der Waals surface area contributed by atoms with Crippen molar-refractivity contribution in [3.05, 3.63) is 38.1 Å². The molecule has 0 aliphatic carbocycles. The first-order valence-corrected chi connectivity index (χ1v) is 7.08. The van der Waals surface area contributed by atoms with Crippen molar-refractivity contribution in [1.82, 2.24) is 10.3 Å². The van der Waals surface area contributed by atoms with Crippen molar-refractivity contribution >= 4 is 27.3 Å². The predicted molar refractivity (Wildman–Crippen MR) is 73.3 cm³/mol. The molecule has 1 atom stereocenters. The number of nitrogens with one attached hydrogen (secondary N) is 1. The molecular weight excluding hydrogens is 300 g/mol. The van der Waals surface area contributed by atoms with Crippen molar-refractivity contribution < 1.29 is 4.42 Å². The minimum absolute atomic E-state index is 0.304. The summed E-state index contributed by atoms with van der Waals surface area (Å²) in [4.78, 5) is 5.65. The number of halogens is 1. The van der Waals surface area contributed by atoms with Crippen molar-refractivity contribution in [3.63, 3.8) is 0 Å². The maximum absolute atomic E-state index is 5.53. The largest absolute Gasteiger partial charge is 0.444 e. The fourth-order valence-electron chi connectivity index (χ4n) is 1.52. The van der Waals surface area contributed by atoms with E-state index >= 15 is 0 Å². The van der Waals surface area contributed by atoms with E-state index in [1.807, 2.05) is 13.8 Å². The topological polar surface area (TPSA) is 38.1 Å². The summed E-state index contributed by atoms with van der Waals surface area (Å²) in [5, 5.41) is 3.40. The summed E-state index contributed by atoms with van der Waals surface area (Å²) in [6.45, 7) is 6.69. The predicted octanol–water partition coefficient (Wildman–Crippen LogP) is 3.97. The molecule has 1 N–H and O–H groups in total. The van der Waals surface area contributed by atoms with E-state index in [1.165, 1.54) is 4.88 Å². The molecule has 5 heteroatoms. The summed E-state index contributed by atoms with van der Waals surface area (Å²) in [5.41, 5.74) is 0.966. The van der Waals surface area contributed by atoms with E-state index in [0.29, 0.717) is 12.6 Å². The van der Waals surface area contributed by atoms with Crippen LogP contribution in [0.4, 0.5) is 0 Å². The van der Waals surface area contributed by atoms with Gasteiger partial charge < -0.3 is 9.73 Å². The van der Waals surface area contributed by atoms with Gasteiger partial charge in [0.15, 0.2) is 0 Å². The Morgan fingerprint density at radius 1 is 1.47 bits per heavy atom. The monoisotopic (exact) mass is 314 g/mol. The average Bonchev–Trinajstić information content (AvgIpc) is 2.83. The van der Waals surface area contributed by atoms with Gasteiger partial charge in [-0.2, -0.15) is 0 Å². The molecule has 0 bridgehead atoms. The first kappa shape index (κ1) is 12.8. The maximum atomic E-state index is 5.53. The lowest BCUT2D eigenvalue weighted by molar-refractivity contribution is 0.433. The lowest BCUT2D eigenvalue weighted by Crippen LogP contribution is -2.17. The molecule has 2 heterocycles. The van der Waals surface area contributed by atoms with Crippen molar-refractivity contribution in [2.45, 2.75) is 33.4 Å². The van der Waals surface area contributed by atoms with Gasteiger partial charge in [-0.1, -0.05) is 0 Å². The molecule has 17 heavy (non-hydrogen) atoms. The Morgan fingerprint density at radius 3 is 2.76 bits per heavy atom. The van der Waals surface area contributed by atoms with Gasteiger partial charge in [0.25, 0.3) is 0 Å². The molecule has 0 amide bonds. The second kappa shape index (κ2) is 5.33. The molecule has 2 aromatic rings. The third kappa shape index (κ3) is 3.18. The Balaban J connectivity index is 1.94. The Labute approximate surface area is 113 Å². The Bertz CT molecular complexity index is 487. The molecule has 0 aliphatic heterocycles. The highest BCUT2D eigenvalue weighted by Gasteiger charge is 2.10. The van der Waals surface area contributed by atoms with Crippen LogP contribution in [0, 0.1) is 13.8 Å². The number of thiophene rings is 1. The fourth-order valence-corrected chi connectivity index (χ4v) is 2.97. The number of hydrogen-bond acceptors (Lipinski definition) is 4. The summed E-state index contributed by atoms with van der Waals surface area (Å²) in [7, 11) is 0. The van der Waals surface area contributed by atoms with Gasteiger partial charge >= 0.3 is 0 Å². The first-order valence-electron chi connectivity index (χ1n) is 5.48. The molecule has 0 spiro atoms. The highest BCUT2D eigenvalue weighted by atomic mass is 79.9. The normalized spacial score (nSPS) is 12.9. The molecule has 1 unspecified atom stereocenters. The van der Waals surface area contributed by atoms with E-state index in [9.17, 15) is 0 Å². The molecule has 2 rings (SSSR count). The van der Waals surface area contributed by atoms with Crippen LogP contribution in [0.15, 0.2) is 20.3 Å². The van der Waals surface area contributed by atoms with Gasteiger partial charge in [0.2, 0.25) is 5.89 Å². The first-order chi connectivity index (χ1) is 8.06. The van der Waals surface area contributed by atoms with Crippen LogP contribution < -0.4 is 5.32 Å². The van der Waals surface area contributed by atoms with Crippen LogP contribution in [0.25, 0.3) is 0 Å². The van der Waals surface area contributed by atoms with Gasteiger partial charge in [0.05, 0.1) is 16.0 Å². The summed E-state index contributed by atoms with van der Waals surface area (Å²) in [6, 6.07) is 4.50. The molecule has 0 aromatic carbocycles. The Kier molecular flexibility index (Phi) is 4.01. The van der Waals surface area contributed by atoms with Crippen molar-refractivity contribution in [1.29, 1.82) is 0 Å². The molecule has 0 saturated heterocycles. The van der Waals surface area contributed by atoms with Gasteiger partial charge in [-0.3, -0.25) is 0 Å². The quantitative estimate of drug-likeness (QED) is 0.928. The van der Waals surface area contributed by atoms with Gasteiger partial charge in [0.1, 0.15) is 5.76 Å². The van der Waals surface area contributed by atoms with Gasteiger partial charge in [-0.15, -0.1) is 11.3 Å². The standard InChI is InChI=1S/C12H15BrN2OS/c1-7-9(3)16-12(15-7)6-14-8(2)10-4-5-11(13)17-10/h4-5,8,14H,6H2,1-3H3. The molecule has 0 saturated carbocycles. The van der Waals surface area contributed by atoms with Gasteiger partial charge in [-0.05, 0) is 48.8 Å². The molecule has 0 fully saturated rings. The second-order valence-corrected chi connectivity index (χ2v) is 6.49. The fraction of sp³-hybridized carbons (Fsp3) is 0.417. The summed E-state index contributed by atoms with van der Waals surface area (Å²) < 4.78 is 6.68. The van der Waals surface area contributed by atoms with E-state index in [0.717, 1.165) is 21.1 Å². The third-order valence-corrected chi connectivity index (χ3v) is 4.46. The van der Waals surface area contributed by atoms with Crippen LogP contribution in [0.1, 0.15) is 35.2 Å². The lowest BCUT2D eigenvalue weighted by atomic mass is 10.3. The van der Waals surface area contributed by atoms with Crippen LogP contribution in [-0.4, -0.2) is 4.98 Å². The Morgan fingerprint density at radius 2 is 2.24 bits per heavy atom. The number of aromatic nitrogens is 1. The maximum Gasteiger partial charge on any atom is 0.208 e. The SMILES string of the molecule is Cc1nc(CNC(C)c2ccc(Br)s2)oc1C. The molecule has 3 nitrogen and oxygen atoms in total. The van der Waals surface area contributed by atoms with Crippen LogP contribution in [-0.2, 0) is 6.54 Å². The van der Waals surface area contributed by atoms with Gasteiger partial charge in [0, 0.05) is 10.9 Å². The smallest absolute Gasteiger partial charge is 0.208 e. The van der Waals surface area contributed by atoms with Crippen molar-refractivity contribution in [2.24, 2.45) is 0 Å². The molecule has 2 aromatic heterocycles. The summed E-state index contributed by atoms with van der Waals surface area (Å²) in [6.07, 6.45) is 0. The molecule has 0 aliphatic rings. The van der Waals surface area contributed by atoms with E-state index in [-0.39, 0.29) is 0 Å². The van der Waals surface area contributed by atoms with Crippen LogP contribution in [0.5, 0.6) is 0 Å². The lowest BCUT2D eigenvalue weighted by Gasteiger charge is -2.09. The second-order valence-electron chi connectivity index (χ2n) is 3.99. The highest BCUT2D eigenvalue weighted by molar-refractivity contribution is 9.11. The number of nitrogens with zero attached hydrogens (tertiary/aromatic N) is 1.